The molecule has 0 unspecified atom stereocenters. The van der Waals surface area contributed by atoms with Crippen LogP contribution in [0, 0.1) is 0 Å². The van der Waals surface area contributed by atoms with E-state index in [0.29, 0.717) is 0 Å². The molecule has 1 aromatic heterocycles. The highest BCUT2D eigenvalue weighted by Gasteiger charge is 2.19. The van der Waals surface area contributed by atoms with Gasteiger partial charge in [-0.2, -0.15) is 0 Å². The van der Waals surface area contributed by atoms with Crippen molar-refractivity contribution in [3.8, 4) is 0 Å². The molecule has 0 saturated carbocycles. The van der Waals surface area contributed by atoms with Crippen molar-refractivity contribution in [1.82, 2.24) is 4.98 Å². The largest absolute Gasteiger partial charge is 0.476 e. The number of hydrogen-bond acceptors (Lipinski definition) is 4. The molecule has 1 heterocycles. The Morgan fingerprint density at radius 1 is 1.50 bits per heavy atom. The molecule has 1 aromatic rings. The minimum absolute atomic E-state index is 0.0604. The van der Waals surface area contributed by atoms with Gasteiger partial charge in [0.15, 0.2) is 15.5 Å². The molecule has 0 bridgehead atoms. The van der Waals surface area contributed by atoms with E-state index in [-0.39, 0.29) is 10.0 Å². The van der Waals surface area contributed by atoms with Gasteiger partial charge in [0.2, 0.25) is 0 Å². The third kappa shape index (κ3) is 2.21. The molecule has 0 aliphatic carbocycles. The molecule has 0 radical (unpaired) electrons. The van der Waals surface area contributed by atoms with Crippen LogP contribution in [-0.2, 0) is 9.84 Å². The van der Waals surface area contributed by atoms with Gasteiger partial charge in [-0.15, -0.1) is 0 Å². The predicted octanol–water partition coefficient (Wildman–Crippen LogP) is 0.837. The lowest BCUT2D eigenvalue weighted by molar-refractivity contribution is 0.0686. The molecule has 0 aromatic carbocycles. The topological polar surface area (TPSA) is 84.3 Å². The van der Waals surface area contributed by atoms with Crippen molar-refractivity contribution >= 4 is 27.4 Å². The van der Waals surface area contributed by atoms with Crippen molar-refractivity contribution in [2.45, 2.75) is 4.90 Å². The number of carboxylic acid groups (broad SMARTS) is 1. The Morgan fingerprint density at radius 3 is 2.50 bits per heavy atom. The summed E-state index contributed by atoms with van der Waals surface area (Å²) < 4.78 is 22.2. The second kappa shape index (κ2) is 3.55. The van der Waals surface area contributed by atoms with E-state index in [4.69, 9.17) is 16.7 Å². The molecule has 7 heteroatoms. The molecule has 1 rings (SSSR count). The lowest BCUT2D eigenvalue weighted by Gasteiger charge is -2.02. The van der Waals surface area contributed by atoms with Gasteiger partial charge in [-0.1, -0.05) is 11.6 Å². The second-order valence-corrected chi connectivity index (χ2v) is 4.93. The molecule has 0 amide bonds. The molecule has 0 aliphatic rings. The maximum Gasteiger partial charge on any atom is 0.355 e. The van der Waals surface area contributed by atoms with Crippen LogP contribution < -0.4 is 0 Å². The number of aromatic nitrogens is 1. The summed E-state index contributed by atoms with van der Waals surface area (Å²) in [6.07, 6.45) is 0.907. The Morgan fingerprint density at radius 2 is 2.07 bits per heavy atom. The third-order valence-corrected chi connectivity index (χ3v) is 2.77. The van der Waals surface area contributed by atoms with Crippen LogP contribution in [0.2, 0.25) is 5.15 Å². The van der Waals surface area contributed by atoms with Crippen LogP contribution in [0.15, 0.2) is 17.0 Å². The van der Waals surface area contributed by atoms with Gasteiger partial charge >= 0.3 is 5.97 Å². The standard InChI is InChI=1S/C7H6ClNO4S/c1-14(12,13)4-2-3-5(8)9-6(4)7(10)11/h2-3H,1H3,(H,10,11). The summed E-state index contributed by atoms with van der Waals surface area (Å²) in [5.74, 6) is -1.42. The molecule has 0 fully saturated rings. The van der Waals surface area contributed by atoms with Crippen molar-refractivity contribution in [3.05, 3.63) is 23.0 Å². The first-order valence-electron chi connectivity index (χ1n) is 3.42. The van der Waals surface area contributed by atoms with Crippen LogP contribution in [0.5, 0.6) is 0 Å². The Kier molecular flexibility index (Phi) is 2.77. The van der Waals surface area contributed by atoms with Gasteiger partial charge in [0.05, 0.1) is 4.90 Å². The fourth-order valence-corrected chi connectivity index (χ4v) is 1.82. The lowest BCUT2D eigenvalue weighted by atomic mass is 10.3. The Hall–Kier alpha value is -1.14. The first kappa shape index (κ1) is 10.9. The maximum atomic E-state index is 11.1. The first-order chi connectivity index (χ1) is 6.32. The molecule has 0 aliphatic heterocycles. The fraction of sp³-hybridized carbons (Fsp3) is 0.143. The number of halogens is 1. The number of carbonyl (C=O) groups is 1. The summed E-state index contributed by atoms with van der Waals surface area (Å²) in [4.78, 5) is 13.7. The van der Waals surface area contributed by atoms with Crippen LogP contribution in [0.25, 0.3) is 0 Å². The van der Waals surface area contributed by atoms with E-state index < -0.39 is 21.5 Å². The summed E-state index contributed by atoms with van der Waals surface area (Å²) >= 11 is 5.44. The zero-order valence-electron chi connectivity index (χ0n) is 7.06. The van der Waals surface area contributed by atoms with Gasteiger partial charge in [0.1, 0.15) is 5.15 Å². The maximum absolute atomic E-state index is 11.1. The summed E-state index contributed by atoms with van der Waals surface area (Å²) in [6, 6.07) is 2.35. The SMILES string of the molecule is CS(=O)(=O)c1ccc(Cl)nc1C(=O)O. The molecule has 0 saturated heterocycles. The van der Waals surface area contributed by atoms with Crippen molar-refractivity contribution in [2.75, 3.05) is 6.26 Å². The molecule has 5 nitrogen and oxygen atoms in total. The monoisotopic (exact) mass is 235 g/mol. The lowest BCUT2D eigenvalue weighted by Crippen LogP contribution is -2.09. The van der Waals surface area contributed by atoms with E-state index in [2.05, 4.69) is 4.98 Å². The van der Waals surface area contributed by atoms with Crippen LogP contribution in [0.4, 0.5) is 0 Å². The molecule has 0 atom stereocenters. The quantitative estimate of drug-likeness (QED) is 0.768. The highest BCUT2D eigenvalue weighted by molar-refractivity contribution is 7.90. The van der Waals surface area contributed by atoms with E-state index in [1.807, 2.05) is 0 Å². The number of rotatable bonds is 2. The molecule has 14 heavy (non-hydrogen) atoms. The van der Waals surface area contributed by atoms with Crippen LogP contribution in [0.3, 0.4) is 0 Å². The Bertz CT molecular complexity index is 482. The van der Waals surface area contributed by atoms with Gasteiger partial charge in [0, 0.05) is 6.26 Å². The predicted molar refractivity (Wildman–Crippen MR) is 49.3 cm³/mol. The normalized spacial score (nSPS) is 11.3. The Labute approximate surface area is 85.3 Å². The highest BCUT2D eigenvalue weighted by atomic mass is 35.5. The molecular weight excluding hydrogens is 230 g/mol. The average molecular weight is 236 g/mol. The van der Waals surface area contributed by atoms with Gasteiger partial charge in [-0.05, 0) is 12.1 Å². The van der Waals surface area contributed by atoms with E-state index in [0.717, 1.165) is 12.3 Å². The second-order valence-electron chi connectivity index (χ2n) is 2.56. The minimum atomic E-state index is -3.60. The van der Waals surface area contributed by atoms with Crippen LogP contribution >= 0.6 is 11.6 Å². The van der Waals surface area contributed by atoms with Crippen molar-refractivity contribution in [1.29, 1.82) is 0 Å². The van der Waals surface area contributed by atoms with Crippen molar-refractivity contribution < 1.29 is 18.3 Å². The van der Waals surface area contributed by atoms with Gasteiger partial charge in [0.25, 0.3) is 0 Å². The van der Waals surface area contributed by atoms with Crippen LogP contribution in [-0.4, -0.2) is 30.7 Å². The van der Waals surface area contributed by atoms with Crippen molar-refractivity contribution in [3.63, 3.8) is 0 Å². The zero-order chi connectivity index (χ0) is 10.9. The summed E-state index contributed by atoms with van der Waals surface area (Å²) in [6.45, 7) is 0. The van der Waals surface area contributed by atoms with E-state index in [1.165, 1.54) is 6.07 Å². The average Bonchev–Trinajstić information content (AvgIpc) is 2.01. The number of hydrogen-bond donors (Lipinski definition) is 1. The van der Waals surface area contributed by atoms with E-state index in [1.54, 1.807) is 0 Å². The summed E-state index contributed by atoms with van der Waals surface area (Å²) in [7, 11) is -3.60. The smallest absolute Gasteiger partial charge is 0.355 e. The number of aromatic carboxylic acids is 1. The van der Waals surface area contributed by atoms with E-state index in [9.17, 15) is 13.2 Å². The highest BCUT2D eigenvalue weighted by Crippen LogP contribution is 2.16. The number of carboxylic acids is 1. The minimum Gasteiger partial charge on any atom is -0.476 e. The van der Waals surface area contributed by atoms with Gasteiger partial charge < -0.3 is 5.11 Å². The number of pyridine rings is 1. The third-order valence-electron chi connectivity index (χ3n) is 1.43. The molecular formula is C7H6ClNO4S. The van der Waals surface area contributed by atoms with Gasteiger partial charge in [-0.25, -0.2) is 18.2 Å². The van der Waals surface area contributed by atoms with E-state index >= 15 is 0 Å². The molecule has 0 spiro atoms. The molecule has 1 N–H and O–H groups in total. The first-order valence-corrected chi connectivity index (χ1v) is 5.69. The number of nitrogens with zero attached hydrogens (tertiary/aromatic N) is 1. The molecule has 76 valence electrons. The summed E-state index contributed by atoms with van der Waals surface area (Å²) in [5, 5.41) is 8.61. The Balaban J connectivity index is 3.53. The zero-order valence-corrected chi connectivity index (χ0v) is 8.63. The fourth-order valence-electron chi connectivity index (χ4n) is 0.875. The van der Waals surface area contributed by atoms with Crippen LogP contribution in [0.1, 0.15) is 10.5 Å². The van der Waals surface area contributed by atoms with Crippen molar-refractivity contribution in [2.24, 2.45) is 0 Å². The number of sulfone groups is 1. The van der Waals surface area contributed by atoms with Gasteiger partial charge in [-0.3, -0.25) is 0 Å². The summed E-state index contributed by atoms with van der Waals surface area (Å²) in [5.41, 5.74) is -0.556.